The first-order chi connectivity index (χ1) is 11.3. The van der Waals surface area contributed by atoms with Crippen LogP contribution in [0.4, 0.5) is 0 Å². The van der Waals surface area contributed by atoms with Gasteiger partial charge in [-0.25, -0.2) is 4.79 Å². The molecule has 0 spiro atoms. The van der Waals surface area contributed by atoms with E-state index in [1.54, 1.807) is 13.8 Å². The van der Waals surface area contributed by atoms with Crippen molar-refractivity contribution in [2.24, 2.45) is 5.92 Å². The highest BCUT2D eigenvalue weighted by Crippen LogP contribution is 2.43. The molecule has 0 unspecified atom stereocenters. The van der Waals surface area contributed by atoms with E-state index in [2.05, 4.69) is 19.2 Å². The fraction of sp³-hybridized carbons (Fsp3) is 0.474. The monoisotopic (exact) mass is 329 g/mol. The van der Waals surface area contributed by atoms with Crippen LogP contribution >= 0.6 is 0 Å². The number of hydrogen-bond donors (Lipinski definition) is 1. The zero-order chi connectivity index (χ0) is 17.5. The Morgan fingerprint density at radius 1 is 1.33 bits per heavy atom. The highest BCUT2D eigenvalue weighted by molar-refractivity contribution is 5.99. The van der Waals surface area contributed by atoms with Crippen molar-refractivity contribution in [1.82, 2.24) is 5.32 Å². The minimum atomic E-state index is -0.799. The maximum absolute atomic E-state index is 12.4. The van der Waals surface area contributed by atoms with Gasteiger partial charge in [0.15, 0.2) is 0 Å². The Morgan fingerprint density at radius 2 is 2.08 bits per heavy atom. The molecule has 1 atom stereocenters. The molecular weight excluding hydrogens is 306 g/mol. The predicted octanol–water partition coefficient (Wildman–Crippen LogP) is 2.91. The number of nitrogens with one attached hydrogen (secondary N) is 1. The van der Waals surface area contributed by atoms with E-state index in [0.717, 1.165) is 11.3 Å². The number of cyclic esters (lactones) is 1. The number of rotatable bonds is 4. The van der Waals surface area contributed by atoms with Crippen molar-refractivity contribution >= 4 is 11.9 Å². The van der Waals surface area contributed by atoms with E-state index in [9.17, 15) is 9.59 Å². The standard InChI is InChI=1S/C19H23NO4/c1-11(2)10-23-13-7-5-6-12(8-13)14-9-15(21)20-17-16(14)18(22)24-19(17,3)4/h5-8,11,14H,9-10H2,1-4H3,(H,20,21)/t14-/m1/s1. The third-order valence-electron chi connectivity index (χ3n) is 4.29. The van der Waals surface area contributed by atoms with Crippen LogP contribution in [0.15, 0.2) is 35.5 Å². The van der Waals surface area contributed by atoms with Gasteiger partial charge in [0.1, 0.15) is 11.4 Å². The molecule has 2 heterocycles. The van der Waals surface area contributed by atoms with Crippen LogP contribution in [-0.4, -0.2) is 24.1 Å². The van der Waals surface area contributed by atoms with Gasteiger partial charge in [0.25, 0.3) is 0 Å². The molecule has 5 heteroatoms. The van der Waals surface area contributed by atoms with Crippen LogP contribution in [0.3, 0.4) is 0 Å². The van der Waals surface area contributed by atoms with Crippen molar-refractivity contribution in [2.75, 3.05) is 6.61 Å². The number of esters is 1. The maximum atomic E-state index is 12.4. The first-order valence-corrected chi connectivity index (χ1v) is 8.28. The van der Waals surface area contributed by atoms with Crippen LogP contribution in [0.25, 0.3) is 0 Å². The molecule has 1 aromatic rings. The first-order valence-electron chi connectivity index (χ1n) is 8.28. The van der Waals surface area contributed by atoms with Crippen molar-refractivity contribution in [3.05, 3.63) is 41.1 Å². The van der Waals surface area contributed by atoms with Gasteiger partial charge in [-0.1, -0.05) is 26.0 Å². The van der Waals surface area contributed by atoms with E-state index in [4.69, 9.17) is 9.47 Å². The molecule has 2 aliphatic heterocycles. The molecule has 0 radical (unpaired) electrons. The smallest absolute Gasteiger partial charge is 0.337 e. The van der Waals surface area contributed by atoms with Gasteiger partial charge in [-0.2, -0.15) is 0 Å². The van der Waals surface area contributed by atoms with Gasteiger partial charge in [0.05, 0.1) is 17.9 Å². The van der Waals surface area contributed by atoms with Gasteiger partial charge < -0.3 is 14.8 Å². The lowest BCUT2D eigenvalue weighted by atomic mass is 9.83. The zero-order valence-corrected chi connectivity index (χ0v) is 14.5. The fourth-order valence-electron chi connectivity index (χ4n) is 3.14. The summed E-state index contributed by atoms with van der Waals surface area (Å²) in [6.45, 7) is 8.37. The lowest BCUT2D eigenvalue weighted by molar-refractivity contribution is -0.144. The van der Waals surface area contributed by atoms with Gasteiger partial charge in [-0.3, -0.25) is 4.79 Å². The fourth-order valence-corrected chi connectivity index (χ4v) is 3.14. The van der Waals surface area contributed by atoms with Crippen LogP contribution in [0.5, 0.6) is 5.75 Å². The first kappa shape index (κ1) is 16.6. The topological polar surface area (TPSA) is 64.6 Å². The Kier molecular flexibility index (Phi) is 4.11. The van der Waals surface area contributed by atoms with Gasteiger partial charge in [0, 0.05) is 12.3 Å². The van der Waals surface area contributed by atoms with Crippen LogP contribution in [0, 0.1) is 5.92 Å². The molecule has 1 aromatic carbocycles. The Balaban J connectivity index is 1.96. The van der Waals surface area contributed by atoms with E-state index in [-0.39, 0.29) is 24.2 Å². The van der Waals surface area contributed by atoms with E-state index >= 15 is 0 Å². The van der Waals surface area contributed by atoms with Crippen molar-refractivity contribution in [3.8, 4) is 5.75 Å². The molecule has 2 aliphatic rings. The molecule has 24 heavy (non-hydrogen) atoms. The number of ether oxygens (including phenoxy) is 2. The maximum Gasteiger partial charge on any atom is 0.337 e. The molecular formula is C19H23NO4. The summed E-state index contributed by atoms with van der Waals surface area (Å²) in [7, 11) is 0. The minimum absolute atomic E-state index is 0.0985. The molecule has 5 nitrogen and oxygen atoms in total. The SMILES string of the molecule is CC(C)COc1cccc([C@H]2CC(=O)NC3=C2C(=O)OC3(C)C)c1. The molecule has 0 aliphatic carbocycles. The van der Waals surface area contributed by atoms with Gasteiger partial charge in [-0.15, -0.1) is 0 Å². The van der Waals surface area contributed by atoms with E-state index < -0.39 is 5.60 Å². The van der Waals surface area contributed by atoms with Crippen LogP contribution in [-0.2, 0) is 14.3 Å². The van der Waals surface area contributed by atoms with Crippen LogP contribution in [0.1, 0.15) is 45.6 Å². The third kappa shape index (κ3) is 3.03. The summed E-state index contributed by atoms with van der Waals surface area (Å²) in [5, 5.41) is 2.82. The largest absolute Gasteiger partial charge is 0.493 e. The van der Waals surface area contributed by atoms with Crippen LogP contribution < -0.4 is 10.1 Å². The molecule has 0 saturated heterocycles. The Bertz CT molecular complexity index is 718. The van der Waals surface area contributed by atoms with Crippen molar-refractivity contribution in [1.29, 1.82) is 0 Å². The predicted molar refractivity (Wildman–Crippen MR) is 89.5 cm³/mol. The lowest BCUT2D eigenvalue weighted by Gasteiger charge is -2.27. The lowest BCUT2D eigenvalue weighted by Crippen LogP contribution is -2.38. The molecule has 1 N–H and O–H groups in total. The van der Waals surface area contributed by atoms with Gasteiger partial charge in [0.2, 0.25) is 5.91 Å². The summed E-state index contributed by atoms with van der Waals surface area (Å²) in [6.07, 6.45) is 0.234. The molecule has 0 fully saturated rings. The molecule has 3 rings (SSSR count). The van der Waals surface area contributed by atoms with Gasteiger partial charge >= 0.3 is 5.97 Å². The number of carbonyl (C=O) groups excluding carboxylic acids is 2. The summed E-state index contributed by atoms with van der Waals surface area (Å²) in [4.78, 5) is 24.5. The summed E-state index contributed by atoms with van der Waals surface area (Å²) in [5.74, 6) is 0.423. The molecule has 1 amide bonds. The Labute approximate surface area is 142 Å². The quantitative estimate of drug-likeness (QED) is 0.863. The molecule has 128 valence electrons. The van der Waals surface area contributed by atoms with E-state index in [1.165, 1.54) is 0 Å². The molecule has 0 saturated carbocycles. The number of amides is 1. The molecule has 0 aromatic heterocycles. The van der Waals surface area contributed by atoms with Crippen molar-refractivity contribution in [3.63, 3.8) is 0 Å². The van der Waals surface area contributed by atoms with E-state index in [1.807, 2.05) is 24.3 Å². The Morgan fingerprint density at radius 3 is 2.79 bits per heavy atom. The summed E-state index contributed by atoms with van der Waals surface area (Å²) in [5.41, 5.74) is 1.24. The van der Waals surface area contributed by atoms with Crippen LogP contribution in [0.2, 0.25) is 0 Å². The highest BCUT2D eigenvalue weighted by atomic mass is 16.6. The highest BCUT2D eigenvalue weighted by Gasteiger charge is 2.47. The Hall–Kier alpha value is -2.30. The number of hydrogen-bond acceptors (Lipinski definition) is 4. The zero-order valence-electron chi connectivity index (χ0n) is 14.5. The van der Waals surface area contributed by atoms with Gasteiger partial charge in [-0.05, 0) is 37.5 Å². The third-order valence-corrected chi connectivity index (χ3v) is 4.29. The average molecular weight is 329 g/mol. The number of benzene rings is 1. The molecule has 0 bridgehead atoms. The number of carbonyl (C=O) groups is 2. The second-order valence-electron chi connectivity index (χ2n) is 7.27. The summed E-state index contributed by atoms with van der Waals surface area (Å²) >= 11 is 0. The van der Waals surface area contributed by atoms with Crippen molar-refractivity contribution < 1.29 is 19.1 Å². The van der Waals surface area contributed by atoms with E-state index in [0.29, 0.717) is 23.8 Å². The second kappa shape index (κ2) is 5.96. The van der Waals surface area contributed by atoms with Crippen molar-refractivity contribution in [2.45, 2.75) is 45.6 Å². The summed E-state index contributed by atoms with van der Waals surface area (Å²) in [6, 6.07) is 7.62. The average Bonchev–Trinajstić information content (AvgIpc) is 2.74. The normalized spacial score (nSPS) is 22.3. The summed E-state index contributed by atoms with van der Waals surface area (Å²) < 4.78 is 11.2. The second-order valence-corrected chi connectivity index (χ2v) is 7.27. The minimum Gasteiger partial charge on any atom is -0.493 e.